The fourth-order valence-corrected chi connectivity index (χ4v) is 3.47. The molecule has 0 aliphatic heterocycles. The molecule has 1 aliphatic rings. The van der Waals surface area contributed by atoms with Crippen LogP contribution >= 0.6 is 0 Å². The first kappa shape index (κ1) is 15.0. The van der Waals surface area contributed by atoms with Crippen molar-refractivity contribution >= 4 is 5.91 Å². The van der Waals surface area contributed by atoms with Crippen LogP contribution in [0.15, 0.2) is 12.1 Å². The van der Waals surface area contributed by atoms with Crippen LogP contribution < -0.4 is 5.73 Å². The third kappa shape index (κ3) is 3.04. The van der Waals surface area contributed by atoms with Crippen LogP contribution in [0.3, 0.4) is 0 Å². The van der Waals surface area contributed by atoms with Crippen molar-refractivity contribution in [1.82, 2.24) is 4.90 Å². The van der Waals surface area contributed by atoms with Crippen molar-refractivity contribution in [2.24, 2.45) is 5.73 Å². The van der Waals surface area contributed by atoms with Crippen LogP contribution in [0.25, 0.3) is 0 Å². The number of aryl methyl sites for hydroxylation is 3. The van der Waals surface area contributed by atoms with E-state index >= 15 is 0 Å². The van der Waals surface area contributed by atoms with Gasteiger partial charge in [-0.3, -0.25) is 4.79 Å². The Morgan fingerprint density at radius 3 is 2.25 bits per heavy atom. The van der Waals surface area contributed by atoms with Gasteiger partial charge in [-0.25, -0.2) is 0 Å². The average molecular weight is 274 g/mol. The quantitative estimate of drug-likeness (QED) is 0.917. The van der Waals surface area contributed by atoms with Crippen LogP contribution in [0.5, 0.6) is 0 Å². The fourth-order valence-electron chi connectivity index (χ4n) is 3.47. The van der Waals surface area contributed by atoms with Crippen LogP contribution in [-0.4, -0.2) is 29.9 Å². The number of rotatable bonds is 4. The Balaban J connectivity index is 2.31. The van der Waals surface area contributed by atoms with Gasteiger partial charge in [0.15, 0.2) is 0 Å². The Kier molecular flexibility index (Phi) is 4.81. The van der Waals surface area contributed by atoms with Gasteiger partial charge in [0.05, 0.1) is 0 Å². The highest BCUT2D eigenvalue weighted by molar-refractivity contribution is 5.97. The summed E-state index contributed by atoms with van der Waals surface area (Å²) in [4.78, 5) is 15.0. The second-order valence-electron chi connectivity index (χ2n) is 6.00. The van der Waals surface area contributed by atoms with E-state index in [1.54, 1.807) is 0 Å². The number of nitrogens with zero attached hydrogens (tertiary/aromatic N) is 1. The van der Waals surface area contributed by atoms with Gasteiger partial charge in [-0.2, -0.15) is 0 Å². The van der Waals surface area contributed by atoms with E-state index in [-0.39, 0.29) is 5.91 Å². The van der Waals surface area contributed by atoms with Crippen molar-refractivity contribution in [1.29, 1.82) is 0 Å². The van der Waals surface area contributed by atoms with Crippen molar-refractivity contribution in [3.05, 3.63) is 34.4 Å². The lowest BCUT2D eigenvalue weighted by Crippen LogP contribution is -2.42. The molecule has 1 amide bonds. The molecular weight excluding hydrogens is 248 g/mol. The lowest BCUT2D eigenvalue weighted by molar-refractivity contribution is 0.0686. The third-order valence-corrected chi connectivity index (χ3v) is 4.29. The summed E-state index contributed by atoms with van der Waals surface area (Å²) in [6, 6.07) is 4.57. The molecule has 0 heterocycles. The molecule has 110 valence electrons. The molecule has 1 fully saturated rings. The molecule has 0 aromatic heterocycles. The van der Waals surface area contributed by atoms with Crippen LogP contribution in [0.1, 0.15) is 52.7 Å². The Morgan fingerprint density at radius 2 is 1.75 bits per heavy atom. The normalized spacial score (nSPS) is 15.6. The van der Waals surface area contributed by atoms with Gasteiger partial charge < -0.3 is 10.6 Å². The largest absolute Gasteiger partial charge is 0.334 e. The molecular formula is C17H26N2O. The maximum Gasteiger partial charge on any atom is 0.254 e. The molecule has 1 aliphatic carbocycles. The van der Waals surface area contributed by atoms with Gasteiger partial charge in [0.2, 0.25) is 0 Å². The first-order valence-electron chi connectivity index (χ1n) is 7.63. The van der Waals surface area contributed by atoms with Crippen molar-refractivity contribution < 1.29 is 4.79 Å². The van der Waals surface area contributed by atoms with Crippen LogP contribution in [-0.2, 0) is 0 Å². The smallest absolute Gasteiger partial charge is 0.254 e. The first-order valence-corrected chi connectivity index (χ1v) is 7.63. The molecule has 1 aromatic carbocycles. The highest BCUT2D eigenvalue weighted by Gasteiger charge is 2.28. The number of hydrogen-bond donors (Lipinski definition) is 1. The summed E-state index contributed by atoms with van der Waals surface area (Å²) in [7, 11) is 0. The highest BCUT2D eigenvalue weighted by atomic mass is 16.2. The molecule has 0 saturated heterocycles. The van der Waals surface area contributed by atoms with Gasteiger partial charge in [0.25, 0.3) is 5.91 Å². The first-order chi connectivity index (χ1) is 9.54. The third-order valence-electron chi connectivity index (χ3n) is 4.29. The van der Waals surface area contributed by atoms with Gasteiger partial charge in [0.1, 0.15) is 0 Å². The summed E-state index contributed by atoms with van der Waals surface area (Å²) in [5, 5.41) is 0. The topological polar surface area (TPSA) is 46.3 Å². The van der Waals surface area contributed by atoms with Crippen LogP contribution in [0, 0.1) is 20.8 Å². The average Bonchev–Trinajstić information content (AvgIpc) is 2.87. The molecule has 0 radical (unpaired) electrons. The van der Waals surface area contributed by atoms with Crippen molar-refractivity contribution in [2.75, 3.05) is 13.1 Å². The summed E-state index contributed by atoms with van der Waals surface area (Å²) < 4.78 is 0. The molecule has 1 saturated carbocycles. The summed E-state index contributed by atoms with van der Waals surface area (Å²) in [6.45, 7) is 7.33. The number of nitrogens with two attached hydrogens (primary N) is 1. The summed E-state index contributed by atoms with van der Waals surface area (Å²) in [6.07, 6.45) is 4.70. The summed E-state index contributed by atoms with van der Waals surface area (Å²) >= 11 is 0. The molecule has 0 atom stereocenters. The number of carbonyl (C=O) groups is 1. The molecule has 2 N–H and O–H groups in total. The van der Waals surface area contributed by atoms with E-state index < -0.39 is 0 Å². The van der Waals surface area contributed by atoms with E-state index in [1.165, 1.54) is 18.4 Å². The van der Waals surface area contributed by atoms with E-state index in [0.717, 1.165) is 29.5 Å². The van der Waals surface area contributed by atoms with E-state index in [1.807, 2.05) is 18.7 Å². The molecule has 3 nitrogen and oxygen atoms in total. The lowest BCUT2D eigenvalue weighted by Gasteiger charge is -2.30. The Labute approximate surface area is 122 Å². The molecule has 3 heteroatoms. The van der Waals surface area contributed by atoms with E-state index in [9.17, 15) is 4.79 Å². The minimum Gasteiger partial charge on any atom is -0.334 e. The molecule has 0 bridgehead atoms. The van der Waals surface area contributed by atoms with Gasteiger partial charge in [-0.05, 0) is 44.7 Å². The second kappa shape index (κ2) is 6.40. The van der Waals surface area contributed by atoms with Gasteiger partial charge in [-0.15, -0.1) is 0 Å². The summed E-state index contributed by atoms with van der Waals surface area (Å²) in [5.41, 5.74) is 9.95. The van der Waals surface area contributed by atoms with Gasteiger partial charge >= 0.3 is 0 Å². The zero-order valence-corrected chi connectivity index (χ0v) is 12.9. The Morgan fingerprint density at radius 1 is 1.20 bits per heavy atom. The zero-order valence-electron chi connectivity index (χ0n) is 12.9. The van der Waals surface area contributed by atoms with Gasteiger partial charge in [0, 0.05) is 24.7 Å². The minimum atomic E-state index is 0.164. The summed E-state index contributed by atoms with van der Waals surface area (Å²) in [5.74, 6) is 0.164. The Bertz CT molecular complexity index is 467. The maximum absolute atomic E-state index is 12.9. The van der Waals surface area contributed by atoms with Crippen molar-refractivity contribution in [2.45, 2.75) is 52.5 Å². The molecule has 0 spiro atoms. The number of hydrogen-bond acceptors (Lipinski definition) is 2. The van der Waals surface area contributed by atoms with E-state index in [2.05, 4.69) is 19.1 Å². The SMILES string of the molecule is Cc1cc(C)c(C(=O)N(CCN)C2CCCC2)c(C)c1. The van der Waals surface area contributed by atoms with Gasteiger partial charge in [-0.1, -0.05) is 30.5 Å². The second-order valence-corrected chi connectivity index (χ2v) is 6.00. The number of amides is 1. The van der Waals surface area contributed by atoms with Crippen molar-refractivity contribution in [3.8, 4) is 0 Å². The highest BCUT2D eigenvalue weighted by Crippen LogP contribution is 2.26. The molecule has 2 rings (SSSR count). The molecule has 1 aromatic rings. The number of benzene rings is 1. The van der Waals surface area contributed by atoms with E-state index in [0.29, 0.717) is 19.1 Å². The monoisotopic (exact) mass is 274 g/mol. The predicted molar refractivity (Wildman–Crippen MR) is 83.0 cm³/mol. The molecule has 20 heavy (non-hydrogen) atoms. The van der Waals surface area contributed by atoms with E-state index in [4.69, 9.17) is 5.73 Å². The van der Waals surface area contributed by atoms with Crippen molar-refractivity contribution in [3.63, 3.8) is 0 Å². The lowest BCUT2D eigenvalue weighted by atomic mass is 9.98. The number of carbonyl (C=O) groups excluding carboxylic acids is 1. The predicted octanol–water partition coefficient (Wildman–Crippen LogP) is 2.96. The molecule has 0 unspecified atom stereocenters. The van der Waals surface area contributed by atoms with Crippen LogP contribution in [0.2, 0.25) is 0 Å². The zero-order chi connectivity index (χ0) is 14.7. The standard InChI is InChI=1S/C17H26N2O/c1-12-10-13(2)16(14(3)11-12)17(20)19(9-8-18)15-6-4-5-7-15/h10-11,15H,4-9,18H2,1-3H3. The fraction of sp³-hybridized carbons (Fsp3) is 0.588. The maximum atomic E-state index is 12.9. The Hall–Kier alpha value is -1.35. The van der Waals surface area contributed by atoms with Crippen LogP contribution in [0.4, 0.5) is 0 Å². The minimum absolute atomic E-state index is 0.164.